The van der Waals surface area contributed by atoms with Gasteiger partial charge in [-0.05, 0) is 43.1 Å². The zero-order chi connectivity index (χ0) is 16.0. The number of allylic oxidation sites excluding steroid dienone is 2. The first-order valence-electron chi connectivity index (χ1n) is 8.82. The van der Waals surface area contributed by atoms with E-state index in [9.17, 15) is 9.90 Å². The maximum Gasteiger partial charge on any atom is 0.315 e. The fourth-order valence-corrected chi connectivity index (χ4v) is 6.26. The van der Waals surface area contributed by atoms with Gasteiger partial charge in [0.15, 0.2) is 5.79 Å². The molecule has 2 bridgehead atoms. The number of esters is 1. The summed E-state index contributed by atoms with van der Waals surface area (Å²) in [5, 5.41) is 10.8. The van der Waals surface area contributed by atoms with E-state index in [2.05, 4.69) is 25.7 Å². The number of hydrogen-bond acceptors (Lipinski definition) is 4. The van der Waals surface area contributed by atoms with Gasteiger partial charge >= 0.3 is 5.97 Å². The van der Waals surface area contributed by atoms with E-state index in [4.69, 9.17) is 9.47 Å². The van der Waals surface area contributed by atoms with Gasteiger partial charge in [0.2, 0.25) is 0 Å². The van der Waals surface area contributed by atoms with Crippen LogP contribution in [0.15, 0.2) is 24.3 Å². The van der Waals surface area contributed by atoms with Gasteiger partial charge in [-0.1, -0.05) is 18.6 Å². The lowest BCUT2D eigenvalue weighted by Crippen LogP contribution is -2.67. The Hall–Kier alpha value is -1.13. The number of carbonyl (C=O) groups is 1. The maximum atomic E-state index is 12.4. The van der Waals surface area contributed by atoms with E-state index < -0.39 is 11.7 Å². The van der Waals surface area contributed by atoms with Crippen molar-refractivity contribution in [3.63, 3.8) is 0 Å². The number of carbonyl (C=O) groups excluding carboxylic acids is 1. The monoisotopic (exact) mass is 316 g/mol. The summed E-state index contributed by atoms with van der Waals surface area (Å²) in [5.74, 6) is -1.52. The highest BCUT2D eigenvalue weighted by molar-refractivity contribution is 5.78. The highest BCUT2D eigenvalue weighted by atomic mass is 16.6. The van der Waals surface area contributed by atoms with E-state index in [0.717, 1.165) is 25.7 Å². The predicted molar refractivity (Wildman–Crippen MR) is 83.2 cm³/mol. The third-order valence-corrected chi connectivity index (χ3v) is 7.53. The predicted octanol–water partition coefficient (Wildman–Crippen LogP) is 2.58. The standard InChI is InChI=1S/C19H24O4/c1-3-17(2)5-4-12-11(9-17)8-13-14-15(16(20)23-13)19(21)7-6-18(12,14)10-22-19/h3,8,12-15,21H,1,4-7,9-10H2,2H3/t12?,13-,14?,15+,17-,18+,19-/m1/s1. The third kappa shape index (κ3) is 1.57. The molecular weight excluding hydrogens is 292 g/mol. The largest absolute Gasteiger partial charge is 0.457 e. The Morgan fingerprint density at radius 1 is 1.39 bits per heavy atom. The minimum absolute atomic E-state index is 0.0292. The molecule has 2 saturated carbocycles. The fourth-order valence-electron chi connectivity index (χ4n) is 6.26. The summed E-state index contributed by atoms with van der Waals surface area (Å²) in [5.41, 5.74) is 1.53. The van der Waals surface area contributed by atoms with Gasteiger partial charge in [0, 0.05) is 17.8 Å². The lowest BCUT2D eigenvalue weighted by Gasteiger charge is -2.62. The summed E-state index contributed by atoms with van der Waals surface area (Å²) in [6.07, 6.45) is 8.82. The second-order valence-corrected chi connectivity index (χ2v) is 8.64. The number of ether oxygens (including phenoxy) is 2. The van der Waals surface area contributed by atoms with Crippen LogP contribution in [0.4, 0.5) is 0 Å². The number of rotatable bonds is 1. The molecule has 7 atom stereocenters. The maximum absolute atomic E-state index is 12.4. The van der Waals surface area contributed by atoms with Gasteiger partial charge in [0.25, 0.3) is 0 Å². The molecule has 0 amide bonds. The van der Waals surface area contributed by atoms with Crippen molar-refractivity contribution in [3.8, 4) is 0 Å². The van der Waals surface area contributed by atoms with Crippen LogP contribution in [0.3, 0.4) is 0 Å². The van der Waals surface area contributed by atoms with E-state index >= 15 is 0 Å². The third-order valence-electron chi connectivity index (χ3n) is 7.53. The van der Waals surface area contributed by atoms with E-state index in [-0.39, 0.29) is 28.8 Å². The van der Waals surface area contributed by atoms with Crippen molar-refractivity contribution >= 4 is 5.97 Å². The molecule has 6 rings (SSSR count). The topological polar surface area (TPSA) is 55.8 Å². The molecule has 2 unspecified atom stereocenters. The first kappa shape index (κ1) is 14.2. The van der Waals surface area contributed by atoms with Gasteiger partial charge in [-0.2, -0.15) is 0 Å². The second-order valence-electron chi connectivity index (χ2n) is 8.64. The molecule has 0 aromatic heterocycles. The minimum atomic E-state index is -1.30. The van der Waals surface area contributed by atoms with Gasteiger partial charge in [0.05, 0.1) is 6.61 Å². The summed E-state index contributed by atoms with van der Waals surface area (Å²) in [4.78, 5) is 12.4. The number of hydrogen-bond donors (Lipinski definition) is 1. The van der Waals surface area contributed by atoms with Crippen molar-refractivity contribution in [1.82, 2.24) is 0 Å². The van der Waals surface area contributed by atoms with E-state index in [0.29, 0.717) is 18.9 Å². The molecular formula is C19H24O4. The molecule has 3 aliphatic heterocycles. The molecule has 4 heteroatoms. The van der Waals surface area contributed by atoms with Crippen LogP contribution in [0.2, 0.25) is 0 Å². The molecule has 4 nitrogen and oxygen atoms in total. The zero-order valence-electron chi connectivity index (χ0n) is 13.6. The minimum Gasteiger partial charge on any atom is -0.457 e. The van der Waals surface area contributed by atoms with Crippen molar-refractivity contribution in [3.05, 3.63) is 24.3 Å². The molecule has 1 N–H and O–H groups in total. The average molecular weight is 316 g/mol. The lowest BCUT2D eigenvalue weighted by atomic mass is 9.46. The summed E-state index contributed by atoms with van der Waals surface area (Å²) in [7, 11) is 0. The summed E-state index contributed by atoms with van der Waals surface area (Å²) < 4.78 is 11.5. The van der Waals surface area contributed by atoms with Crippen molar-refractivity contribution in [2.45, 2.75) is 50.9 Å². The van der Waals surface area contributed by atoms with Crippen LogP contribution in [-0.2, 0) is 14.3 Å². The van der Waals surface area contributed by atoms with Crippen LogP contribution >= 0.6 is 0 Å². The second kappa shape index (κ2) is 4.09. The van der Waals surface area contributed by atoms with Crippen LogP contribution in [0.1, 0.15) is 39.0 Å². The number of fused-ring (bicyclic) bond motifs is 3. The first-order chi connectivity index (χ1) is 10.9. The fraction of sp³-hybridized carbons (Fsp3) is 0.737. The Morgan fingerprint density at radius 2 is 2.22 bits per heavy atom. The van der Waals surface area contributed by atoms with Gasteiger partial charge in [-0.15, -0.1) is 6.58 Å². The van der Waals surface area contributed by atoms with Gasteiger partial charge in [-0.3, -0.25) is 4.79 Å². The van der Waals surface area contributed by atoms with Crippen molar-refractivity contribution in [2.24, 2.45) is 28.6 Å². The van der Waals surface area contributed by atoms with Crippen LogP contribution in [0.25, 0.3) is 0 Å². The Labute approximate surface area is 136 Å². The molecule has 1 spiro atoms. The van der Waals surface area contributed by atoms with E-state index in [1.165, 1.54) is 5.57 Å². The Balaban J connectivity index is 1.63. The van der Waals surface area contributed by atoms with Crippen LogP contribution in [0, 0.1) is 28.6 Å². The van der Waals surface area contributed by atoms with Gasteiger partial charge < -0.3 is 14.6 Å². The Kier molecular flexibility index (Phi) is 2.53. The average Bonchev–Trinajstić information content (AvgIpc) is 2.88. The molecule has 124 valence electrons. The van der Waals surface area contributed by atoms with Crippen LogP contribution < -0.4 is 0 Å². The molecule has 3 saturated heterocycles. The van der Waals surface area contributed by atoms with E-state index in [1.807, 2.05) is 0 Å². The SMILES string of the molecule is C=C[C@]1(C)CCC2C(=C[C@H]3OC(=O)[C@@H]4C3[C@]23CC[C@@]4(O)OC3)C1. The Morgan fingerprint density at radius 3 is 2.91 bits per heavy atom. The van der Waals surface area contributed by atoms with Crippen molar-refractivity contribution in [1.29, 1.82) is 0 Å². The molecule has 23 heavy (non-hydrogen) atoms. The molecule has 0 aromatic carbocycles. The summed E-state index contributed by atoms with van der Waals surface area (Å²) in [6, 6.07) is 0. The Bertz CT molecular complexity index is 627. The molecule has 0 aromatic rings. The van der Waals surface area contributed by atoms with E-state index in [1.54, 1.807) is 0 Å². The highest BCUT2D eigenvalue weighted by Crippen LogP contribution is 2.67. The van der Waals surface area contributed by atoms with Crippen molar-refractivity contribution < 1.29 is 19.4 Å². The highest BCUT2D eigenvalue weighted by Gasteiger charge is 2.72. The van der Waals surface area contributed by atoms with Crippen LogP contribution in [-0.4, -0.2) is 29.6 Å². The van der Waals surface area contributed by atoms with Crippen LogP contribution in [0.5, 0.6) is 0 Å². The number of aliphatic hydroxyl groups is 1. The normalized spacial score (nSPS) is 56.4. The van der Waals surface area contributed by atoms with Gasteiger partial charge in [-0.25, -0.2) is 0 Å². The molecule has 3 aliphatic carbocycles. The molecule has 5 fully saturated rings. The lowest BCUT2D eigenvalue weighted by molar-refractivity contribution is -0.338. The quantitative estimate of drug-likeness (QED) is 0.597. The molecule has 6 aliphatic rings. The van der Waals surface area contributed by atoms with Crippen molar-refractivity contribution in [2.75, 3.05) is 6.61 Å². The summed E-state index contributed by atoms with van der Waals surface area (Å²) >= 11 is 0. The summed E-state index contributed by atoms with van der Waals surface area (Å²) in [6.45, 7) is 6.84. The first-order valence-corrected chi connectivity index (χ1v) is 8.82. The zero-order valence-corrected chi connectivity index (χ0v) is 13.6. The molecule has 3 heterocycles. The smallest absolute Gasteiger partial charge is 0.315 e. The molecule has 0 radical (unpaired) electrons. The van der Waals surface area contributed by atoms with Gasteiger partial charge in [0.1, 0.15) is 12.0 Å².